The topological polar surface area (TPSA) is 72.9 Å². The van der Waals surface area contributed by atoms with Crippen LogP contribution in [-0.2, 0) is 6.54 Å². The molecule has 0 saturated carbocycles. The monoisotopic (exact) mass is 406 g/mol. The molecule has 1 heterocycles. The number of nitrogens with zero attached hydrogens (tertiary/aromatic N) is 2. The number of carbonyl (C=O) groups excluding carboxylic acids is 1. The molecular formula is C23H20F2N4O. The van der Waals surface area contributed by atoms with Crippen molar-refractivity contribution in [1.82, 2.24) is 14.9 Å². The summed E-state index contributed by atoms with van der Waals surface area (Å²) in [5.41, 5.74) is 9.45. The molecule has 7 heteroatoms. The zero-order chi connectivity index (χ0) is 21.1. The highest BCUT2D eigenvalue weighted by Gasteiger charge is 2.18. The van der Waals surface area contributed by atoms with E-state index < -0.39 is 0 Å². The molecular weight excluding hydrogens is 386 g/mol. The average molecular weight is 406 g/mol. The molecule has 0 bridgehead atoms. The second-order valence-electron chi connectivity index (χ2n) is 6.90. The van der Waals surface area contributed by atoms with Crippen molar-refractivity contribution >= 4 is 16.9 Å². The van der Waals surface area contributed by atoms with Gasteiger partial charge in [0.05, 0.1) is 11.0 Å². The quantitative estimate of drug-likeness (QED) is 0.513. The van der Waals surface area contributed by atoms with E-state index in [1.165, 1.54) is 24.3 Å². The van der Waals surface area contributed by atoms with E-state index in [0.717, 1.165) is 22.2 Å². The Kier molecular flexibility index (Phi) is 5.54. The summed E-state index contributed by atoms with van der Waals surface area (Å²) in [6.45, 7) is 0.993. The largest absolute Gasteiger partial charge is 0.348 e. The van der Waals surface area contributed by atoms with Crippen LogP contribution in [0.2, 0.25) is 0 Å². The smallest absolute Gasteiger partial charge is 0.287 e. The fourth-order valence-corrected chi connectivity index (χ4v) is 3.32. The van der Waals surface area contributed by atoms with E-state index >= 15 is 0 Å². The minimum absolute atomic E-state index is 0.249. The van der Waals surface area contributed by atoms with Crippen LogP contribution in [0.4, 0.5) is 8.78 Å². The van der Waals surface area contributed by atoms with Gasteiger partial charge < -0.3 is 15.6 Å². The van der Waals surface area contributed by atoms with Crippen LogP contribution in [0.1, 0.15) is 16.2 Å². The fraction of sp³-hybridized carbons (Fsp3) is 0.130. The lowest BCUT2D eigenvalue weighted by atomic mass is 10.1. The maximum absolute atomic E-state index is 13.3. The first kappa shape index (κ1) is 19.7. The standard InChI is InChI=1S/C23H20F2N4O/c24-18-6-1-15(2-7-18)14-29-21-13-17(16-3-8-19(25)9-4-16)5-10-20(21)28-22(29)23(30)27-12-11-26/h1-10,13H,11-12,14,26H2,(H,27,30). The van der Waals surface area contributed by atoms with Gasteiger partial charge in [0.15, 0.2) is 5.82 Å². The van der Waals surface area contributed by atoms with E-state index in [2.05, 4.69) is 10.3 Å². The molecule has 1 amide bonds. The molecule has 0 aliphatic carbocycles. The van der Waals surface area contributed by atoms with E-state index in [0.29, 0.717) is 25.2 Å². The molecule has 5 nitrogen and oxygen atoms in total. The second kappa shape index (κ2) is 8.42. The number of benzene rings is 3. The number of nitrogens with one attached hydrogen (secondary N) is 1. The molecule has 4 rings (SSSR count). The molecule has 152 valence electrons. The number of hydrogen-bond acceptors (Lipinski definition) is 3. The third-order valence-electron chi connectivity index (χ3n) is 4.81. The molecule has 0 aliphatic heterocycles. The molecule has 0 aliphatic rings. The Labute approximate surface area is 172 Å². The molecule has 0 radical (unpaired) electrons. The Morgan fingerprint density at radius 1 is 0.933 bits per heavy atom. The maximum Gasteiger partial charge on any atom is 0.287 e. The number of amides is 1. The number of imidazole rings is 1. The van der Waals surface area contributed by atoms with Crippen LogP contribution in [0.25, 0.3) is 22.2 Å². The lowest BCUT2D eigenvalue weighted by molar-refractivity contribution is 0.0941. The van der Waals surface area contributed by atoms with E-state index in [1.54, 1.807) is 28.8 Å². The van der Waals surface area contributed by atoms with Crippen LogP contribution < -0.4 is 11.1 Å². The van der Waals surface area contributed by atoms with Crippen molar-refractivity contribution in [3.63, 3.8) is 0 Å². The molecule has 0 unspecified atom stereocenters. The summed E-state index contributed by atoms with van der Waals surface area (Å²) in [5, 5.41) is 2.75. The summed E-state index contributed by atoms with van der Waals surface area (Å²) in [4.78, 5) is 17.2. The minimum atomic E-state index is -0.331. The molecule has 3 N–H and O–H groups in total. The average Bonchev–Trinajstić information content (AvgIpc) is 3.12. The van der Waals surface area contributed by atoms with Crippen LogP contribution >= 0.6 is 0 Å². The molecule has 0 fully saturated rings. The summed E-state index contributed by atoms with van der Waals surface area (Å²) in [7, 11) is 0. The number of hydrogen-bond donors (Lipinski definition) is 2. The first-order chi connectivity index (χ1) is 14.5. The first-order valence-electron chi connectivity index (χ1n) is 9.54. The third kappa shape index (κ3) is 4.06. The van der Waals surface area contributed by atoms with Crippen molar-refractivity contribution in [2.24, 2.45) is 5.73 Å². The summed E-state index contributed by atoms with van der Waals surface area (Å²) in [5.74, 6) is -0.713. The van der Waals surface area contributed by atoms with Crippen molar-refractivity contribution < 1.29 is 13.6 Å². The van der Waals surface area contributed by atoms with Gasteiger partial charge in [-0.25, -0.2) is 13.8 Å². The van der Waals surface area contributed by atoms with Crippen molar-refractivity contribution in [3.8, 4) is 11.1 Å². The van der Waals surface area contributed by atoms with Crippen molar-refractivity contribution in [2.75, 3.05) is 13.1 Å². The molecule has 0 spiro atoms. The number of rotatable bonds is 6. The van der Waals surface area contributed by atoms with Gasteiger partial charge in [-0.3, -0.25) is 4.79 Å². The Morgan fingerprint density at radius 2 is 1.57 bits per heavy atom. The number of carbonyl (C=O) groups is 1. The highest BCUT2D eigenvalue weighted by atomic mass is 19.1. The van der Waals surface area contributed by atoms with Crippen LogP contribution in [0, 0.1) is 11.6 Å². The predicted octanol–water partition coefficient (Wildman–Crippen LogP) is 3.72. The van der Waals surface area contributed by atoms with Gasteiger partial charge in [-0.1, -0.05) is 30.3 Å². The van der Waals surface area contributed by atoms with Gasteiger partial charge in [0.1, 0.15) is 11.6 Å². The summed E-state index contributed by atoms with van der Waals surface area (Å²) < 4.78 is 28.4. The van der Waals surface area contributed by atoms with Crippen molar-refractivity contribution in [3.05, 3.63) is 89.8 Å². The normalized spacial score (nSPS) is 11.0. The highest BCUT2D eigenvalue weighted by Crippen LogP contribution is 2.26. The molecule has 3 aromatic carbocycles. The van der Waals surface area contributed by atoms with Crippen LogP contribution in [0.3, 0.4) is 0 Å². The summed E-state index contributed by atoms with van der Waals surface area (Å²) >= 11 is 0. The number of halogens is 2. The SMILES string of the molecule is NCCNC(=O)c1nc2ccc(-c3ccc(F)cc3)cc2n1Cc1ccc(F)cc1. The van der Waals surface area contributed by atoms with Crippen LogP contribution in [0.15, 0.2) is 66.7 Å². The Balaban J connectivity index is 1.81. The van der Waals surface area contributed by atoms with Crippen molar-refractivity contribution in [2.45, 2.75) is 6.54 Å². The Bertz CT molecular complexity index is 1180. The van der Waals surface area contributed by atoms with Crippen LogP contribution in [-0.4, -0.2) is 28.5 Å². The molecule has 0 atom stereocenters. The van der Waals surface area contributed by atoms with Gasteiger partial charge in [0.25, 0.3) is 5.91 Å². The lowest BCUT2D eigenvalue weighted by Gasteiger charge is -2.10. The third-order valence-corrected chi connectivity index (χ3v) is 4.81. The molecule has 30 heavy (non-hydrogen) atoms. The van der Waals surface area contributed by atoms with E-state index in [9.17, 15) is 13.6 Å². The summed E-state index contributed by atoms with van der Waals surface area (Å²) in [6.07, 6.45) is 0. The zero-order valence-electron chi connectivity index (χ0n) is 16.1. The minimum Gasteiger partial charge on any atom is -0.348 e. The Hall–Kier alpha value is -3.58. The molecule has 0 saturated heterocycles. The van der Waals surface area contributed by atoms with Gasteiger partial charge in [-0.05, 0) is 53.1 Å². The van der Waals surface area contributed by atoms with E-state index in [-0.39, 0.29) is 23.4 Å². The maximum atomic E-state index is 13.3. The predicted molar refractivity (Wildman–Crippen MR) is 112 cm³/mol. The highest BCUT2D eigenvalue weighted by molar-refractivity contribution is 5.95. The van der Waals surface area contributed by atoms with Gasteiger partial charge in [-0.15, -0.1) is 0 Å². The summed E-state index contributed by atoms with van der Waals surface area (Å²) in [6, 6.07) is 17.9. The van der Waals surface area contributed by atoms with E-state index in [1.807, 2.05) is 18.2 Å². The lowest BCUT2D eigenvalue weighted by Crippen LogP contribution is -2.31. The van der Waals surface area contributed by atoms with Gasteiger partial charge in [0, 0.05) is 19.6 Å². The van der Waals surface area contributed by atoms with Gasteiger partial charge >= 0.3 is 0 Å². The van der Waals surface area contributed by atoms with Gasteiger partial charge in [0.2, 0.25) is 0 Å². The number of aromatic nitrogens is 2. The Morgan fingerprint density at radius 3 is 2.23 bits per heavy atom. The van der Waals surface area contributed by atoms with Crippen molar-refractivity contribution in [1.29, 1.82) is 0 Å². The fourth-order valence-electron chi connectivity index (χ4n) is 3.32. The second-order valence-corrected chi connectivity index (χ2v) is 6.90. The van der Waals surface area contributed by atoms with Gasteiger partial charge in [-0.2, -0.15) is 0 Å². The van der Waals surface area contributed by atoms with Crippen LogP contribution in [0.5, 0.6) is 0 Å². The number of nitrogens with two attached hydrogens (primary N) is 1. The molecule has 1 aromatic heterocycles. The van der Waals surface area contributed by atoms with E-state index in [4.69, 9.17) is 5.73 Å². The number of fused-ring (bicyclic) bond motifs is 1. The molecule has 4 aromatic rings. The zero-order valence-corrected chi connectivity index (χ0v) is 16.1. The first-order valence-corrected chi connectivity index (χ1v) is 9.54.